The minimum Gasteiger partial charge on any atom is -0.490 e. The lowest BCUT2D eigenvalue weighted by atomic mass is 10.2. The second-order valence-electron chi connectivity index (χ2n) is 5.08. The summed E-state index contributed by atoms with van der Waals surface area (Å²) < 4.78 is 7.84. The van der Waals surface area contributed by atoms with E-state index in [1.807, 2.05) is 29.8 Å². The van der Waals surface area contributed by atoms with Crippen molar-refractivity contribution >= 4 is 0 Å². The van der Waals surface area contributed by atoms with Gasteiger partial charge in [0, 0.05) is 30.7 Å². The molecule has 20 heavy (non-hydrogen) atoms. The molecule has 0 aliphatic rings. The Bertz CT molecular complexity index is 523. The van der Waals surface area contributed by atoms with E-state index in [4.69, 9.17) is 4.74 Å². The standard InChI is InChI=1S/C15H22N4O/c1-12(2)17-10-14-15(5-4-13(3)18-14)20-9-8-19-7-6-16-11-19/h4-7,11-12,17H,8-10H2,1-3H3. The molecule has 0 saturated carbocycles. The van der Waals surface area contributed by atoms with E-state index in [2.05, 4.69) is 29.1 Å². The third kappa shape index (κ3) is 4.35. The molecule has 5 heteroatoms. The normalized spacial score (nSPS) is 11.0. The smallest absolute Gasteiger partial charge is 0.142 e. The Morgan fingerprint density at radius 3 is 2.90 bits per heavy atom. The second kappa shape index (κ2) is 7.05. The van der Waals surface area contributed by atoms with Crippen molar-refractivity contribution in [2.75, 3.05) is 6.61 Å². The van der Waals surface area contributed by atoms with Gasteiger partial charge in [-0.25, -0.2) is 4.98 Å². The van der Waals surface area contributed by atoms with Crippen LogP contribution in [0.2, 0.25) is 0 Å². The fourth-order valence-electron chi connectivity index (χ4n) is 1.84. The molecule has 2 aromatic heterocycles. The zero-order valence-corrected chi connectivity index (χ0v) is 12.3. The summed E-state index contributed by atoms with van der Waals surface area (Å²) in [5, 5.41) is 3.38. The van der Waals surface area contributed by atoms with Gasteiger partial charge in [0.2, 0.25) is 0 Å². The van der Waals surface area contributed by atoms with Crippen molar-refractivity contribution in [2.24, 2.45) is 0 Å². The zero-order chi connectivity index (χ0) is 14.4. The van der Waals surface area contributed by atoms with Gasteiger partial charge in [0.05, 0.1) is 18.6 Å². The first kappa shape index (κ1) is 14.5. The molecule has 0 bridgehead atoms. The number of nitrogens with one attached hydrogen (secondary N) is 1. The maximum absolute atomic E-state index is 5.85. The summed E-state index contributed by atoms with van der Waals surface area (Å²) in [7, 11) is 0. The molecule has 1 N–H and O–H groups in total. The van der Waals surface area contributed by atoms with Crippen molar-refractivity contribution in [3.8, 4) is 5.75 Å². The van der Waals surface area contributed by atoms with E-state index in [9.17, 15) is 0 Å². The number of ether oxygens (including phenoxy) is 1. The summed E-state index contributed by atoms with van der Waals surface area (Å²) in [5.74, 6) is 0.851. The van der Waals surface area contributed by atoms with Crippen LogP contribution in [0, 0.1) is 6.92 Å². The first-order chi connectivity index (χ1) is 9.65. The topological polar surface area (TPSA) is 52.0 Å². The third-order valence-electron chi connectivity index (χ3n) is 2.92. The monoisotopic (exact) mass is 274 g/mol. The molecule has 0 unspecified atom stereocenters. The number of nitrogens with zero attached hydrogens (tertiary/aromatic N) is 3. The first-order valence-electron chi connectivity index (χ1n) is 6.93. The lowest BCUT2D eigenvalue weighted by Gasteiger charge is -2.13. The van der Waals surface area contributed by atoms with Gasteiger partial charge in [-0.15, -0.1) is 0 Å². The predicted molar refractivity (Wildman–Crippen MR) is 78.7 cm³/mol. The van der Waals surface area contributed by atoms with E-state index in [1.54, 1.807) is 12.5 Å². The van der Waals surface area contributed by atoms with Crippen molar-refractivity contribution < 1.29 is 4.74 Å². The molecule has 0 aliphatic carbocycles. The van der Waals surface area contributed by atoms with Gasteiger partial charge in [-0.2, -0.15) is 0 Å². The van der Waals surface area contributed by atoms with E-state index < -0.39 is 0 Å². The summed E-state index contributed by atoms with van der Waals surface area (Å²) in [4.78, 5) is 8.56. The number of imidazole rings is 1. The largest absolute Gasteiger partial charge is 0.490 e. The average Bonchev–Trinajstić information content (AvgIpc) is 2.91. The molecular formula is C15H22N4O. The zero-order valence-electron chi connectivity index (χ0n) is 12.3. The number of pyridine rings is 1. The van der Waals surface area contributed by atoms with E-state index in [0.29, 0.717) is 12.6 Å². The Morgan fingerprint density at radius 1 is 1.35 bits per heavy atom. The molecule has 0 amide bonds. The third-order valence-corrected chi connectivity index (χ3v) is 2.92. The quantitative estimate of drug-likeness (QED) is 0.840. The highest BCUT2D eigenvalue weighted by Crippen LogP contribution is 2.17. The van der Waals surface area contributed by atoms with Gasteiger partial charge in [-0.05, 0) is 19.1 Å². The van der Waals surface area contributed by atoms with Crippen molar-refractivity contribution in [3.05, 3.63) is 42.2 Å². The van der Waals surface area contributed by atoms with E-state index in [-0.39, 0.29) is 0 Å². The van der Waals surface area contributed by atoms with Crippen LogP contribution in [0.1, 0.15) is 25.2 Å². The maximum atomic E-state index is 5.85. The fraction of sp³-hybridized carbons (Fsp3) is 0.467. The molecule has 0 aliphatic heterocycles. The highest BCUT2D eigenvalue weighted by molar-refractivity contribution is 5.29. The van der Waals surface area contributed by atoms with Crippen LogP contribution in [-0.2, 0) is 13.1 Å². The van der Waals surface area contributed by atoms with Gasteiger partial charge in [0.15, 0.2) is 0 Å². The van der Waals surface area contributed by atoms with Crippen LogP contribution in [-0.4, -0.2) is 27.2 Å². The summed E-state index contributed by atoms with van der Waals surface area (Å²) in [6, 6.07) is 4.40. The first-order valence-corrected chi connectivity index (χ1v) is 6.93. The molecule has 2 rings (SSSR count). The Hall–Kier alpha value is -1.88. The fourth-order valence-corrected chi connectivity index (χ4v) is 1.84. The minimum absolute atomic E-state index is 0.427. The molecule has 0 spiro atoms. The summed E-state index contributed by atoms with van der Waals surface area (Å²) in [6.07, 6.45) is 5.49. The van der Waals surface area contributed by atoms with Crippen molar-refractivity contribution in [3.63, 3.8) is 0 Å². The lowest BCUT2D eigenvalue weighted by molar-refractivity contribution is 0.292. The van der Waals surface area contributed by atoms with Crippen molar-refractivity contribution in [1.29, 1.82) is 0 Å². The van der Waals surface area contributed by atoms with Crippen LogP contribution in [0.4, 0.5) is 0 Å². The average molecular weight is 274 g/mol. The number of aromatic nitrogens is 3. The van der Waals surface area contributed by atoms with Crippen LogP contribution in [0.5, 0.6) is 5.75 Å². The number of hydrogen-bond donors (Lipinski definition) is 1. The molecule has 0 atom stereocenters. The predicted octanol–water partition coefficient (Wildman–Crippen LogP) is 2.16. The summed E-state index contributed by atoms with van der Waals surface area (Å²) in [5.41, 5.74) is 1.97. The Labute approximate surface area is 120 Å². The molecular weight excluding hydrogens is 252 g/mol. The van der Waals surface area contributed by atoms with E-state index in [1.165, 1.54) is 0 Å². The van der Waals surface area contributed by atoms with Gasteiger partial charge in [-0.3, -0.25) is 4.98 Å². The molecule has 5 nitrogen and oxygen atoms in total. The summed E-state index contributed by atoms with van der Waals surface area (Å²) in [6.45, 7) is 8.35. The van der Waals surface area contributed by atoms with Crippen LogP contribution in [0.15, 0.2) is 30.9 Å². The second-order valence-corrected chi connectivity index (χ2v) is 5.08. The van der Waals surface area contributed by atoms with Gasteiger partial charge < -0.3 is 14.6 Å². The van der Waals surface area contributed by atoms with Crippen LogP contribution < -0.4 is 10.1 Å². The lowest BCUT2D eigenvalue weighted by Crippen LogP contribution is -2.23. The number of aryl methyl sites for hydroxylation is 1. The number of hydrogen-bond acceptors (Lipinski definition) is 4. The van der Waals surface area contributed by atoms with Crippen LogP contribution in [0.3, 0.4) is 0 Å². The highest BCUT2D eigenvalue weighted by Gasteiger charge is 2.06. The SMILES string of the molecule is Cc1ccc(OCCn2ccnc2)c(CNC(C)C)n1. The molecule has 0 aromatic carbocycles. The molecule has 0 radical (unpaired) electrons. The van der Waals surface area contributed by atoms with Crippen molar-refractivity contribution in [2.45, 2.75) is 39.9 Å². The van der Waals surface area contributed by atoms with Crippen molar-refractivity contribution in [1.82, 2.24) is 19.9 Å². The highest BCUT2D eigenvalue weighted by atomic mass is 16.5. The molecule has 2 aromatic rings. The molecule has 0 saturated heterocycles. The molecule has 2 heterocycles. The van der Waals surface area contributed by atoms with Crippen LogP contribution in [0.25, 0.3) is 0 Å². The number of rotatable bonds is 7. The Morgan fingerprint density at radius 2 is 2.20 bits per heavy atom. The van der Waals surface area contributed by atoms with E-state index >= 15 is 0 Å². The molecule has 0 fully saturated rings. The maximum Gasteiger partial charge on any atom is 0.142 e. The Kier molecular flexibility index (Phi) is 5.12. The van der Waals surface area contributed by atoms with E-state index in [0.717, 1.165) is 30.2 Å². The van der Waals surface area contributed by atoms with Gasteiger partial charge in [0.1, 0.15) is 12.4 Å². The van der Waals surface area contributed by atoms with Gasteiger partial charge in [-0.1, -0.05) is 13.8 Å². The summed E-state index contributed by atoms with van der Waals surface area (Å²) >= 11 is 0. The van der Waals surface area contributed by atoms with Gasteiger partial charge in [0.25, 0.3) is 0 Å². The minimum atomic E-state index is 0.427. The van der Waals surface area contributed by atoms with Gasteiger partial charge >= 0.3 is 0 Å². The molecule has 108 valence electrons. The Balaban J connectivity index is 1.95. The van der Waals surface area contributed by atoms with Crippen LogP contribution >= 0.6 is 0 Å².